The average molecular weight is 282 g/mol. The van der Waals surface area contributed by atoms with Crippen LogP contribution < -0.4 is 5.73 Å². The first-order valence-electron chi connectivity index (χ1n) is 5.49. The van der Waals surface area contributed by atoms with Gasteiger partial charge in [0.1, 0.15) is 11.6 Å². The zero-order valence-electron chi connectivity index (χ0n) is 9.79. The Kier molecular flexibility index (Phi) is 3.81. The second-order valence-electron chi connectivity index (χ2n) is 4.11. The highest BCUT2D eigenvalue weighted by molar-refractivity contribution is 6.33. The van der Waals surface area contributed by atoms with Crippen LogP contribution in [0.3, 0.4) is 0 Å². The summed E-state index contributed by atoms with van der Waals surface area (Å²) in [5.74, 6) is -1.70. The highest BCUT2D eigenvalue weighted by Crippen LogP contribution is 2.20. The highest BCUT2D eigenvalue weighted by Gasteiger charge is 2.10. The van der Waals surface area contributed by atoms with Crippen molar-refractivity contribution >= 4 is 23.1 Å². The third-order valence-electron chi connectivity index (χ3n) is 2.60. The fourth-order valence-electron chi connectivity index (χ4n) is 1.72. The molecule has 0 aliphatic heterocycles. The molecule has 2 aromatic rings. The van der Waals surface area contributed by atoms with E-state index < -0.39 is 11.6 Å². The monoisotopic (exact) mass is 281 g/mol. The van der Waals surface area contributed by atoms with E-state index in [1.165, 1.54) is 18.2 Å². The lowest BCUT2D eigenvalue weighted by molar-refractivity contribution is 0.0993. The Hall–Kier alpha value is -1.94. The van der Waals surface area contributed by atoms with Crippen molar-refractivity contribution in [2.45, 2.75) is 6.42 Å². The van der Waals surface area contributed by atoms with E-state index in [1.807, 2.05) is 0 Å². The minimum absolute atomic E-state index is 0.101. The molecule has 98 valence electrons. The maximum Gasteiger partial charge on any atom is 0.167 e. The zero-order chi connectivity index (χ0) is 14.0. The van der Waals surface area contributed by atoms with Gasteiger partial charge in [-0.3, -0.25) is 4.79 Å². The van der Waals surface area contributed by atoms with Crippen molar-refractivity contribution < 1.29 is 13.6 Å². The largest absolute Gasteiger partial charge is 0.398 e. The molecule has 0 aliphatic rings. The number of Topliss-reactive ketones (excluding diaryl/α,β-unsaturated/α-hetero) is 1. The van der Waals surface area contributed by atoms with Crippen molar-refractivity contribution in [3.63, 3.8) is 0 Å². The molecule has 0 radical (unpaired) electrons. The van der Waals surface area contributed by atoms with E-state index >= 15 is 0 Å². The molecule has 0 spiro atoms. The Morgan fingerprint density at radius 2 is 1.74 bits per heavy atom. The maximum absolute atomic E-state index is 13.0. The number of halogens is 3. The number of nitrogen functional groups attached to an aromatic ring is 1. The molecule has 2 rings (SSSR count). The lowest BCUT2D eigenvalue weighted by Crippen LogP contribution is -2.05. The van der Waals surface area contributed by atoms with Crippen LogP contribution in [0, 0.1) is 11.6 Å². The predicted octanol–water partition coefficient (Wildman–Crippen LogP) is 3.63. The van der Waals surface area contributed by atoms with E-state index in [9.17, 15) is 13.6 Å². The summed E-state index contributed by atoms with van der Waals surface area (Å²) >= 11 is 5.75. The van der Waals surface area contributed by atoms with Crippen molar-refractivity contribution in [3.05, 3.63) is 64.2 Å². The molecule has 19 heavy (non-hydrogen) atoms. The molecule has 0 heterocycles. The van der Waals surface area contributed by atoms with Crippen molar-refractivity contribution in [2.24, 2.45) is 0 Å². The predicted molar refractivity (Wildman–Crippen MR) is 70.3 cm³/mol. The molecular formula is C14H10ClF2NO. The van der Waals surface area contributed by atoms with E-state index in [1.54, 1.807) is 0 Å². The van der Waals surface area contributed by atoms with Gasteiger partial charge in [-0.1, -0.05) is 11.6 Å². The maximum atomic E-state index is 13.0. The van der Waals surface area contributed by atoms with Crippen LogP contribution in [0.4, 0.5) is 14.5 Å². The summed E-state index contributed by atoms with van der Waals surface area (Å²) in [7, 11) is 0. The van der Waals surface area contributed by atoms with Crippen molar-refractivity contribution in [2.75, 3.05) is 5.73 Å². The standard InChI is InChI=1S/C14H10ClF2NO/c15-12-2-1-9(6-13(12)18)14(19)5-8-3-10(16)7-11(17)4-8/h1-4,6-7H,5,18H2. The number of carbonyl (C=O) groups excluding carboxylic acids is 1. The molecule has 0 amide bonds. The summed E-state index contributed by atoms with van der Waals surface area (Å²) in [6.45, 7) is 0. The van der Waals surface area contributed by atoms with Gasteiger partial charge in [0.2, 0.25) is 0 Å². The van der Waals surface area contributed by atoms with Gasteiger partial charge in [-0.05, 0) is 35.9 Å². The van der Waals surface area contributed by atoms with Gasteiger partial charge in [0.05, 0.1) is 10.7 Å². The number of benzene rings is 2. The SMILES string of the molecule is Nc1cc(C(=O)Cc2cc(F)cc(F)c2)ccc1Cl. The van der Waals surface area contributed by atoms with Gasteiger partial charge in [-0.25, -0.2) is 8.78 Å². The van der Waals surface area contributed by atoms with E-state index in [-0.39, 0.29) is 23.5 Å². The van der Waals surface area contributed by atoms with Gasteiger partial charge in [-0.2, -0.15) is 0 Å². The normalized spacial score (nSPS) is 10.5. The Balaban J connectivity index is 2.22. The van der Waals surface area contributed by atoms with Crippen LogP contribution in [0.25, 0.3) is 0 Å². The number of anilines is 1. The fraction of sp³-hybridized carbons (Fsp3) is 0.0714. The van der Waals surface area contributed by atoms with Crippen molar-refractivity contribution in [3.8, 4) is 0 Å². The topological polar surface area (TPSA) is 43.1 Å². The summed E-state index contributed by atoms with van der Waals surface area (Å²) in [6, 6.07) is 7.49. The third-order valence-corrected chi connectivity index (χ3v) is 2.95. The molecule has 0 aromatic heterocycles. The van der Waals surface area contributed by atoms with Crippen molar-refractivity contribution in [1.29, 1.82) is 0 Å². The van der Waals surface area contributed by atoms with Gasteiger partial charge in [0.25, 0.3) is 0 Å². The van der Waals surface area contributed by atoms with Gasteiger partial charge in [-0.15, -0.1) is 0 Å². The molecule has 0 fully saturated rings. The summed E-state index contributed by atoms with van der Waals surface area (Å²) in [5, 5.41) is 0.355. The second-order valence-corrected chi connectivity index (χ2v) is 4.52. The first-order valence-corrected chi connectivity index (χ1v) is 5.86. The van der Waals surface area contributed by atoms with Crippen molar-refractivity contribution in [1.82, 2.24) is 0 Å². The summed E-state index contributed by atoms with van der Waals surface area (Å²) in [6.07, 6.45) is -0.101. The van der Waals surface area contributed by atoms with Crippen LogP contribution in [-0.2, 0) is 6.42 Å². The van der Waals surface area contributed by atoms with Gasteiger partial charge in [0.15, 0.2) is 5.78 Å². The summed E-state index contributed by atoms with van der Waals surface area (Å²) < 4.78 is 26.0. The van der Waals surface area contributed by atoms with E-state index in [4.69, 9.17) is 17.3 Å². The Morgan fingerprint density at radius 3 is 2.32 bits per heavy atom. The molecule has 5 heteroatoms. The number of hydrogen-bond donors (Lipinski definition) is 1. The highest BCUT2D eigenvalue weighted by atomic mass is 35.5. The average Bonchev–Trinajstić information content (AvgIpc) is 2.31. The van der Waals surface area contributed by atoms with Crippen LogP contribution in [0.2, 0.25) is 5.02 Å². The number of hydrogen-bond acceptors (Lipinski definition) is 2. The van der Waals surface area contributed by atoms with Gasteiger partial charge >= 0.3 is 0 Å². The number of rotatable bonds is 3. The van der Waals surface area contributed by atoms with E-state index in [2.05, 4.69) is 0 Å². The lowest BCUT2D eigenvalue weighted by atomic mass is 10.0. The first kappa shape index (κ1) is 13.5. The Labute approximate surface area is 113 Å². The van der Waals surface area contributed by atoms with Gasteiger partial charge in [0, 0.05) is 18.1 Å². The quantitative estimate of drug-likeness (QED) is 0.690. The number of carbonyl (C=O) groups is 1. The molecule has 0 atom stereocenters. The van der Waals surface area contributed by atoms with Crippen LogP contribution in [0.5, 0.6) is 0 Å². The first-order chi connectivity index (χ1) is 8.95. The van der Waals surface area contributed by atoms with Crippen LogP contribution in [0.1, 0.15) is 15.9 Å². The molecule has 0 bridgehead atoms. The molecule has 2 N–H and O–H groups in total. The number of nitrogens with two attached hydrogens (primary N) is 1. The Morgan fingerprint density at radius 1 is 1.11 bits per heavy atom. The smallest absolute Gasteiger partial charge is 0.167 e. The van der Waals surface area contributed by atoms with Crippen LogP contribution in [-0.4, -0.2) is 5.78 Å². The summed E-state index contributed by atoms with van der Waals surface area (Å²) in [4.78, 5) is 12.0. The van der Waals surface area contributed by atoms with E-state index in [0.29, 0.717) is 10.6 Å². The number of ketones is 1. The molecule has 2 aromatic carbocycles. The zero-order valence-corrected chi connectivity index (χ0v) is 10.5. The summed E-state index contributed by atoms with van der Waals surface area (Å²) in [5.41, 5.74) is 6.51. The molecule has 2 nitrogen and oxygen atoms in total. The van der Waals surface area contributed by atoms with Gasteiger partial charge < -0.3 is 5.73 Å². The minimum atomic E-state index is -0.710. The molecule has 0 saturated heterocycles. The van der Waals surface area contributed by atoms with Crippen LogP contribution in [0.15, 0.2) is 36.4 Å². The molecule has 0 saturated carbocycles. The fourth-order valence-corrected chi connectivity index (χ4v) is 1.84. The Bertz CT molecular complexity index is 623. The van der Waals surface area contributed by atoms with Crippen LogP contribution >= 0.6 is 11.6 Å². The second kappa shape index (κ2) is 5.36. The molecule has 0 unspecified atom stereocenters. The minimum Gasteiger partial charge on any atom is -0.398 e. The molecule has 0 aliphatic carbocycles. The lowest BCUT2D eigenvalue weighted by Gasteiger charge is -2.04. The van der Waals surface area contributed by atoms with E-state index in [0.717, 1.165) is 18.2 Å². The third kappa shape index (κ3) is 3.29. The molecular weight excluding hydrogens is 272 g/mol.